The number of anilines is 1. The van der Waals surface area contributed by atoms with Gasteiger partial charge in [-0.1, -0.05) is 15.9 Å². The number of hydrogen-bond donors (Lipinski definition) is 1. The minimum absolute atomic E-state index is 0.0373. The van der Waals surface area contributed by atoms with Crippen LogP contribution in [0.2, 0.25) is 0 Å². The van der Waals surface area contributed by atoms with E-state index in [0.29, 0.717) is 17.2 Å². The quantitative estimate of drug-likeness (QED) is 0.874. The molecule has 1 aliphatic rings. The van der Waals surface area contributed by atoms with Gasteiger partial charge in [0.25, 0.3) is 0 Å². The third kappa shape index (κ3) is 3.95. The van der Waals surface area contributed by atoms with Gasteiger partial charge in [0, 0.05) is 38.5 Å². The fourth-order valence-corrected chi connectivity index (χ4v) is 3.78. The molecule has 0 radical (unpaired) electrons. The fraction of sp³-hybridized carbons (Fsp3) is 0.500. The van der Waals surface area contributed by atoms with Crippen molar-refractivity contribution in [3.63, 3.8) is 0 Å². The molecule has 2 rings (SSSR count). The first-order valence-electron chi connectivity index (χ1n) is 5.84. The van der Waals surface area contributed by atoms with Crippen molar-refractivity contribution in [3.8, 4) is 0 Å². The summed E-state index contributed by atoms with van der Waals surface area (Å²) in [6, 6.07) is 4.21. The summed E-state index contributed by atoms with van der Waals surface area (Å²) >= 11 is 2.91. The molecule has 0 unspecified atom stereocenters. The topological polar surface area (TPSA) is 29.1 Å². The predicted molar refractivity (Wildman–Crippen MR) is 73.7 cm³/mol. The number of benzene rings is 1. The van der Waals surface area contributed by atoms with Crippen LogP contribution in [0.15, 0.2) is 22.7 Å². The smallest absolute Gasteiger partial charge is 0.382 e. The fourth-order valence-electron chi connectivity index (χ4n) is 2.01. The second kappa shape index (κ2) is 5.83. The Bertz CT molecular complexity index is 482. The van der Waals surface area contributed by atoms with Gasteiger partial charge in [-0.05, 0) is 31.0 Å². The van der Waals surface area contributed by atoms with Gasteiger partial charge < -0.3 is 5.32 Å². The molecule has 7 heteroatoms. The molecule has 1 fully saturated rings. The van der Waals surface area contributed by atoms with E-state index < -0.39 is 22.5 Å². The Hall–Kier alpha value is -0.560. The number of hydrogen-bond acceptors (Lipinski definition) is 2. The van der Waals surface area contributed by atoms with E-state index in [2.05, 4.69) is 21.2 Å². The number of alkyl halides is 3. The molecular formula is C12H13BrF3NOS. The lowest BCUT2D eigenvalue weighted by Crippen LogP contribution is -2.29. The van der Waals surface area contributed by atoms with Crippen molar-refractivity contribution in [2.75, 3.05) is 16.8 Å². The van der Waals surface area contributed by atoms with Gasteiger partial charge in [0.05, 0.1) is 5.56 Å². The zero-order chi connectivity index (χ0) is 14.0. The van der Waals surface area contributed by atoms with E-state index in [1.807, 2.05) is 0 Å². The van der Waals surface area contributed by atoms with E-state index >= 15 is 0 Å². The monoisotopic (exact) mass is 355 g/mol. The molecular weight excluding hydrogens is 343 g/mol. The van der Waals surface area contributed by atoms with Crippen molar-refractivity contribution in [2.24, 2.45) is 0 Å². The molecule has 1 heterocycles. The number of halogens is 4. The van der Waals surface area contributed by atoms with Crippen LogP contribution in [-0.4, -0.2) is 21.8 Å². The van der Waals surface area contributed by atoms with E-state index in [1.165, 1.54) is 6.07 Å². The molecule has 0 aromatic heterocycles. The molecule has 0 bridgehead atoms. The molecule has 1 N–H and O–H groups in total. The molecule has 106 valence electrons. The Labute approximate surface area is 120 Å². The van der Waals surface area contributed by atoms with Crippen LogP contribution in [0.25, 0.3) is 0 Å². The average molecular weight is 356 g/mol. The van der Waals surface area contributed by atoms with Crippen molar-refractivity contribution in [3.05, 3.63) is 28.2 Å². The molecule has 0 amide bonds. The predicted octanol–water partition coefficient (Wildman–Crippen LogP) is 3.79. The van der Waals surface area contributed by atoms with Gasteiger partial charge in [0.1, 0.15) is 0 Å². The van der Waals surface area contributed by atoms with Crippen LogP contribution in [0.1, 0.15) is 18.4 Å². The lowest BCUT2D eigenvalue weighted by molar-refractivity contribution is -0.138. The average Bonchev–Trinajstić information content (AvgIpc) is 2.33. The van der Waals surface area contributed by atoms with E-state index in [0.717, 1.165) is 18.9 Å². The Morgan fingerprint density at radius 1 is 1.26 bits per heavy atom. The van der Waals surface area contributed by atoms with Crippen molar-refractivity contribution >= 4 is 32.4 Å². The Morgan fingerprint density at radius 3 is 2.47 bits per heavy atom. The summed E-state index contributed by atoms with van der Waals surface area (Å²) in [6.07, 6.45) is -2.92. The maximum atomic E-state index is 12.8. The standard InChI is InChI=1S/C12H13BrF3NOS/c13-11-2-1-9(7-10(11)12(14,15)16)17-8-3-5-19(18)6-4-8/h1-2,7-8,17H,3-6H2. The molecule has 0 spiro atoms. The summed E-state index contributed by atoms with van der Waals surface area (Å²) in [7, 11) is -0.769. The summed E-state index contributed by atoms with van der Waals surface area (Å²) in [6.45, 7) is 0. The highest BCUT2D eigenvalue weighted by atomic mass is 79.9. The van der Waals surface area contributed by atoms with Crippen molar-refractivity contribution < 1.29 is 17.4 Å². The largest absolute Gasteiger partial charge is 0.417 e. The van der Waals surface area contributed by atoms with Crippen LogP contribution in [0.3, 0.4) is 0 Å². The molecule has 2 nitrogen and oxygen atoms in total. The molecule has 0 atom stereocenters. The van der Waals surface area contributed by atoms with Gasteiger partial charge in [0.2, 0.25) is 0 Å². The van der Waals surface area contributed by atoms with Crippen LogP contribution in [-0.2, 0) is 17.0 Å². The lowest BCUT2D eigenvalue weighted by atomic mass is 10.1. The summed E-state index contributed by atoms with van der Waals surface area (Å²) < 4.78 is 49.5. The van der Waals surface area contributed by atoms with Gasteiger partial charge in [-0.25, -0.2) is 0 Å². The van der Waals surface area contributed by atoms with Crippen molar-refractivity contribution in [1.82, 2.24) is 0 Å². The van der Waals surface area contributed by atoms with Crippen LogP contribution in [0, 0.1) is 0 Å². The first-order valence-corrected chi connectivity index (χ1v) is 8.12. The first kappa shape index (κ1) is 14.8. The Morgan fingerprint density at radius 2 is 1.89 bits per heavy atom. The van der Waals surface area contributed by atoms with E-state index in [1.54, 1.807) is 6.07 Å². The molecule has 1 aromatic carbocycles. The van der Waals surface area contributed by atoms with Crippen LogP contribution >= 0.6 is 15.9 Å². The van der Waals surface area contributed by atoms with Gasteiger partial charge in [0.15, 0.2) is 0 Å². The van der Waals surface area contributed by atoms with Gasteiger partial charge >= 0.3 is 6.18 Å². The molecule has 1 saturated heterocycles. The number of nitrogens with one attached hydrogen (secondary N) is 1. The second-order valence-corrected chi connectivity index (χ2v) is 7.01. The highest BCUT2D eigenvalue weighted by Crippen LogP contribution is 2.36. The maximum Gasteiger partial charge on any atom is 0.417 e. The second-order valence-electron chi connectivity index (χ2n) is 4.46. The SMILES string of the molecule is O=S1CCC(Nc2ccc(Br)c(C(F)(F)F)c2)CC1. The zero-order valence-electron chi connectivity index (χ0n) is 9.97. The highest BCUT2D eigenvalue weighted by Gasteiger charge is 2.33. The molecule has 1 aliphatic heterocycles. The summed E-state index contributed by atoms with van der Waals surface area (Å²) in [5, 5.41) is 3.09. The molecule has 0 aliphatic carbocycles. The zero-order valence-corrected chi connectivity index (χ0v) is 12.4. The van der Waals surface area contributed by atoms with Gasteiger partial charge in [-0.3, -0.25) is 4.21 Å². The third-order valence-corrected chi connectivity index (χ3v) is 5.10. The normalized spacial score (nSPS) is 24.2. The van der Waals surface area contributed by atoms with Crippen LogP contribution < -0.4 is 5.32 Å². The Balaban J connectivity index is 2.11. The lowest BCUT2D eigenvalue weighted by Gasteiger charge is -2.24. The maximum absolute atomic E-state index is 12.8. The summed E-state index contributed by atoms with van der Waals surface area (Å²) in [4.78, 5) is 0. The minimum Gasteiger partial charge on any atom is -0.382 e. The van der Waals surface area contributed by atoms with Gasteiger partial charge in [-0.15, -0.1) is 0 Å². The third-order valence-electron chi connectivity index (χ3n) is 3.03. The van der Waals surface area contributed by atoms with Crippen molar-refractivity contribution in [1.29, 1.82) is 0 Å². The molecule has 0 saturated carbocycles. The highest BCUT2D eigenvalue weighted by molar-refractivity contribution is 9.10. The van der Waals surface area contributed by atoms with Crippen molar-refractivity contribution in [2.45, 2.75) is 25.1 Å². The number of rotatable bonds is 2. The summed E-state index contributed by atoms with van der Waals surface area (Å²) in [5.41, 5.74) is -0.231. The van der Waals surface area contributed by atoms with Gasteiger partial charge in [-0.2, -0.15) is 13.2 Å². The first-order chi connectivity index (χ1) is 8.86. The minimum atomic E-state index is -4.37. The van der Waals surface area contributed by atoms with Crippen LogP contribution in [0.4, 0.5) is 18.9 Å². The summed E-state index contributed by atoms with van der Waals surface area (Å²) in [5.74, 6) is 1.22. The van der Waals surface area contributed by atoms with E-state index in [9.17, 15) is 17.4 Å². The van der Waals surface area contributed by atoms with Crippen LogP contribution in [0.5, 0.6) is 0 Å². The Kier molecular flexibility index (Phi) is 4.55. The molecule has 1 aromatic rings. The van der Waals surface area contributed by atoms with E-state index in [4.69, 9.17) is 0 Å². The van der Waals surface area contributed by atoms with E-state index in [-0.39, 0.29) is 10.5 Å². The molecule has 19 heavy (non-hydrogen) atoms.